The summed E-state index contributed by atoms with van der Waals surface area (Å²) >= 11 is 0. The molecule has 1 rings (SSSR count). The van der Waals surface area contributed by atoms with Crippen LogP contribution in [-0.2, 0) is 13.6 Å². The second-order valence-corrected chi connectivity index (χ2v) is 5.31. The van der Waals surface area contributed by atoms with Crippen molar-refractivity contribution in [1.29, 1.82) is 0 Å². The van der Waals surface area contributed by atoms with Gasteiger partial charge in [0.1, 0.15) is 0 Å². The van der Waals surface area contributed by atoms with Crippen LogP contribution in [0.5, 0.6) is 0 Å². The van der Waals surface area contributed by atoms with E-state index in [1.165, 1.54) is 6.42 Å². The van der Waals surface area contributed by atoms with E-state index in [2.05, 4.69) is 53.4 Å². The number of rotatable bonds is 8. The highest BCUT2D eigenvalue weighted by molar-refractivity contribution is 14.0. The molecule has 0 aliphatic heterocycles. The number of likely N-dealkylation sites (N-methyl/N-ethyl adjacent to an activating group) is 1. The van der Waals surface area contributed by atoms with Gasteiger partial charge in [0.25, 0.3) is 0 Å². The van der Waals surface area contributed by atoms with Gasteiger partial charge in [0, 0.05) is 38.9 Å². The normalized spacial score (nSPS) is 12.9. The average molecular weight is 422 g/mol. The van der Waals surface area contributed by atoms with E-state index >= 15 is 0 Å². The van der Waals surface area contributed by atoms with E-state index in [0.29, 0.717) is 12.6 Å². The quantitative estimate of drug-likeness (QED) is 0.381. The summed E-state index contributed by atoms with van der Waals surface area (Å²) in [6, 6.07) is 2.60. The largest absolute Gasteiger partial charge is 0.357 e. The SMILES string of the molecule is CCNC(=NCc1ccnn1C)NCCN(C)C(C)CC.I. The molecule has 2 N–H and O–H groups in total. The fraction of sp³-hybridized carbons (Fsp3) is 0.733. The maximum Gasteiger partial charge on any atom is 0.191 e. The molecule has 0 aromatic carbocycles. The Morgan fingerprint density at radius 3 is 2.68 bits per heavy atom. The smallest absolute Gasteiger partial charge is 0.191 e. The molecule has 6 nitrogen and oxygen atoms in total. The van der Waals surface area contributed by atoms with Crippen LogP contribution in [0.25, 0.3) is 0 Å². The summed E-state index contributed by atoms with van der Waals surface area (Å²) in [6.07, 6.45) is 2.97. The zero-order chi connectivity index (χ0) is 15.7. The van der Waals surface area contributed by atoms with Gasteiger partial charge in [-0.05, 0) is 33.4 Å². The lowest BCUT2D eigenvalue weighted by molar-refractivity contribution is 0.255. The molecular weight excluding hydrogens is 391 g/mol. The molecule has 1 aromatic rings. The summed E-state index contributed by atoms with van der Waals surface area (Å²) in [4.78, 5) is 6.95. The maximum absolute atomic E-state index is 4.59. The fourth-order valence-corrected chi connectivity index (χ4v) is 1.94. The molecule has 128 valence electrons. The van der Waals surface area contributed by atoms with Crippen LogP contribution in [0.1, 0.15) is 32.9 Å². The van der Waals surface area contributed by atoms with Crippen LogP contribution in [0.3, 0.4) is 0 Å². The van der Waals surface area contributed by atoms with E-state index in [1.54, 1.807) is 6.20 Å². The highest BCUT2D eigenvalue weighted by atomic mass is 127. The molecule has 0 aliphatic rings. The number of aryl methyl sites for hydroxylation is 1. The molecule has 0 radical (unpaired) electrons. The van der Waals surface area contributed by atoms with Gasteiger partial charge in [0.05, 0.1) is 12.2 Å². The number of aliphatic imine (C=N–C) groups is 1. The summed E-state index contributed by atoms with van der Waals surface area (Å²) in [5.41, 5.74) is 1.10. The molecule has 0 bridgehead atoms. The van der Waals surface area contributed by atoms with E-state index in [0.717, 1.165) is 31.3 Å². The second kappa shape index (κ2) is 11.7. The molecule has 0 aliphatic carbocycles. The third-order valence-electron chi connectivity index (χ3n) is 3.77. The van der Waals surface area contributed by atoms with Crippen molar-refractivity contribution in [3.8, 4) is 0 Å². The summed E-state index contributed by atoms with van der Waals surface area (Å²) in [7, 11) is 4.10. The van der Waals surface area contributed by atoms with Gasteiger partial charge in [-0.25, -0.2) is 4.99 Å². The lowest BCUT2D eigenvalue weighted by Gasteiger charge is -2.24. The number of nitrogens with zero attached hydrogens (tertiary/aromatic N) is 4. The first kappa shape index (κ1) is 21.2. The first-order valence-electron chi connectivity index (χ1n) is 7.77. The van der Waals surface area contributed by atoms with Gasteiger partial charge in [-0.3, -0.25) is 4.68 Å². The van der Waals surface area contributed by atoms with Gasteiger partial charge in [-0.2, -0.15) is 5.10 Å². The average Bonchev–Trinajstić information content (AvgIpc) is 2.89. The van der Waals surface area contributed by atoms with Crippen molar-refractivity contribution in [2.45, 2.75) is 39.8 Å². The van der Waals surface area contributed by atoms with Crippen molar-refractivity contribution in [3.05, 3.63) is 18.0 Å². The van der Waals surface area contributed by atoms with Crippen molar-refractivity contribution in [3.63, 3.8) is 0 Å². The van der Waals surface area contributed by atoms with Crippen LogP contribution in [0.4, 0.5) is 0 Å². The monoisotopic (exact) mass is 422 g/mol. The Hall–Kier alpha value is -0.830. The minimum Gasteiger partial charge on any atom is -0.357 e. The minimum absolute atomic E-state index is 0. The Morgan fingerprint density at radius 1 is 1.41 bits per heavy atom. The number of hydrogen-bond donors (Lipinski definition) is 2. The third-order valence-corrected chi connectivity index (χ3v) is 3.77. The standard InChI is InChI=1S/C15H30N6.HI/c1-6-13(3)20(4)11-10-17-15(16-7-2)18-12-14-8-9-19-21(14)5;/h8-9,13H,6-7,10-12H2,1-5H3,(H2,16,17,18);1H. The summed E-state index contributed by atoms with van der Waals surface area (Å²) in [5.74, 6) is 0.858. The molecule has 0 amide bonds. The number of nitrogens with one attached hydrogen (secondary N) is 2. The van der Waals surface area contributed by atoms with Crippen LogP contribution in [0.2, 0.25) is 0 Å². The molecule has 22 heavy (non-hydrogen) atoms. The topological polar surface area (TPSA) is 57.5 Å². The Bertz CT molecular complexity index is 431. The molecule has 0 saturated carbocycles. The van der Waals surface area contributed by atoms with Gasteiger partial charge in [-0.15, -0.1) is 24.0 Å². The van der Waals surface area contributed by atoms with E-state index in [9.17, 15) is 0 Å². The van der Waals surface area contributed by atoms with Crippen molar-refractivity contribution in [2.75, 3.05) is 26.7 Å². The van der Waals surface area contributed by atoms with Gasteiger partial charge >= 0.3 is 0 Å². The van der Waals surface area contributed by atoms with Gasteiger partial charge < -0.3 is 15.5 Å². The Labute approximate surface area is 151 Å². The van der Waals surface area contributed by atoms with Gasteiger partial charge in [0.2, 0.25) is 0 Å². The van der Waals surface area contributed by atoms with Crippen molar-refractivity contribution in [2.24, 2.45) is 12.0 Å². The van der Waals surface area contributed by atoms with Crippen LogP contribution < -0.4 is 10.6 Å². The van der Waals surface area contributed by atoms with Crippen molar-refractivity contribution < 1.29 is 0 Å². The first-order valence-corrected chi connectivity index (χ1v) is 7.77. The second-order valence-electron chi connectivity index (χ2n) is 5.31. The zero-order valence-electron chi connectivity index (χ0n) is 14.5. The number of hydrogen-bond acceptors (Lipinski definition) is 3. The Kier molecular flexibility index (Phi) is 11.3. The molecule has 0 spiro atoms. The Balaban J connectivity index is 0.00000441. The summed E-state index contributed by atoms with van der Waals surface area (Å²) in [5, 5.41) is 10.8. The molecule has 0 fully saturated rings. The summed E-state index contributed by atoms with van der Waals surface area (Å²) in [6.45, 7) is 9.93. The van der Waals surface area contributed by atoms with Crippen molar-refractivity contribution in [1.82, 2.24) is 25.3 Å². The van der Waals surface area contributed by atoms with E-state index in [4.69, 9.17) is 0 Å². The number of aromatic nitrogens is 2. The summed E-state index contributed by atoms with van der Waals surface area (Å²) < 4.78 is 1.85. The molecule has 1 atom stereocenters. The fourth-order valence-electron chi connectivity index (χ4n) is 1.94. The van der Waals surface area contributed by atoms with Crippen LogP contribution >= 0.6 is 24.0 Å². The molecule has 7 heteroatoms. The minimum atomic E-state index is 0. The number of guanidine groups is 1. The molecular formula is C15H31IN6. The van der Waals surface area contributed by atoms with Gasteiger partial charge in [0.15, 0.2) is 5.96 Å². The highest BCUT2D eigenvalue weighted by Gasteiger charge is 2.06. The van der Waals surface area contributed by atoms with Crippen LogP contribution in [0.15, 0.2) is 17.3 Å². The van der Waals surface area contributed by atoms with Gasteiger partial charge in [-0.1, -0.05) is 6.92 Å². The Morgan fingerprint density at radius 2 is 2.14 bits per heavy atom. The van der Waals surface area contributed by atoms with E-state index in [1.807, 2.05) is 17.8 Å². The maximum atomic E-state index is 4.59. The molecule has 1 heterocycles. The predicted octanol–water partition coefficient (Wildman–Crippen LogP) is 1.82. The molecule has 0 saturated heterocycles. The van der Waals surface area contributed by atoms with E-state index < -0.39 is 0 Å². The predicted molar refractivity (Wildman–Crippen MR) is 104 cm³/mol. The zero-order valence-corrected chi connectivity index (χ0v) is 16.8. The van der Waals surface area contributed by atoms with Crippen LogP contribution in [-0.4, -0.2) is 53.4 Å². The lowest BCUT2D eigenvalue weighted by atomic mass is 10.2. The molecule has 1 aromatic heterocycles. The van der Waals surface area contributed by atoms with E-state index in [-0.39, 0.29) is 24.0 Å². The molecule has 1 unspecified atom stereocenters. The first-order chi connectivity index (χ1) is 10.1. The van der Waals surface area contributed by atoms with Crippen molar-refractivity contribution >= 4 is 29.9 Å². The lowest BCUT2D eigenvalue weighted by Crippen LogP contribution is -2.42. The highest BCUT2D eigenvalue weighted by Crippen LogP contribution is 1.99. The number of halogens is 1. The van der Waals surface area contributed by atoms with Crippen LogP contribution in [0, 0.1) is 0 Å². The third kappa shape index (κ3) is 7.44.